The molecule has 116 valence electrons. The van der Waals surface area contributed by atoms with Crippen molar-refractivity contribution in [3.8, 4) is 0 Å². The van der Waals surface area contributed by atoms with E-state index in [1.54, 1.807) is 0 Å². The van der Waals surface area contributed by atoms with Crippen molar-refractivity contribution in [2.24, 2.45) is 11.1 Å². The van der Waals surface area contributed by atoms with Gasteiger partial charge in [0.15, 0.2) is 0 Å². The number of amides is 1. The molecule has 1 aliphatic rings. The molecular formula is C15H20F2N2O2. The molecule has 6 heteroatoms. The molecule has 1 aromatic carbocycles. The summed E-state index contributed by atoms with van der Waals surface area (Å²) in [6, 6.07) is 3.36. The molecule has 4 nitrogen and oxygen atoms in total. The van der Waals surface area contributed by atoms with E-state index in [2.05, 4.69) is 5.32 Å². The number of ether oxygens (including phenoxy) is 1. The van der Waals surface area contributed by atoms with Crippen molar-refractivity contribution in [1.29, 1.82) is 0 Å². The highest BCUT2D eigenvalue weighted by atomic mass is 19.1. The Labute approximate surface area is 122 Å². The number of hydrogen-bond acceptors (Lipinski definition) is 3. The van der Waals surface area contributed by atoms with Crippen LogP contribution in [0.1, 0.15) is 18.4 Å². The summed E-state index contributed by atoms with van der Waals surface area (Å²) in [6.07, 6.45) is 1.57. The zero-order chi connectivity index (χ0) is 15.3. The maximum absolute atomic E-state index is 13.1. The first-order chi connectivity index (χ1) is 10.1. The van der Waals surface area contributed by atoms with Gasteiger partial charge in [-0.05, 0) is 37.0 Å². The van der Waals surface area contributed by atoms with Crippen molar-refractivity contribution >= 4 is 5.91 Å². The zero-order valence-electron chi connectivity index (χ0n) is 11.8. The number of halogens is 2. The summed E-state index contributed by atoms with van der Waals surface area (Å²) in [4.78, 5) is 12.3. The second kappa shape index (κ2) is 6.95. The summed E-state index contributed by atoms with van der Waals surface area (Å²) >= 11 is 0. The van der Waals surface area contributed by atoms with Gasteiger partial charge < -0.3 is 15.8 Å². The fourth-order valence-electron chi connectivity index (χ4n) is 2.55. The van der Waals surface area contributed by atoms with Crippen LogP contribution >= 0.6 is 0 Å². The summed E-state index contributed by atoms with van der Waals surface area (Å²) in [5.41, 5.74) is 5.68. The number of carbonyl (C=O) groups is 1. The number of rotatable bonds is 5. The first-order valence-electron chi connectivity index (χ1n) is 7.07. The smallest absolute Gasteiger partial charge is 0.227 e. The monoisotopic (exact) mass is 298 g/mol. The molecule has 0 unspecified atom stereocenters. The molecule has 2 rings (SSSR count). The highest BCUT2D eigenvalue weighted by Crippen LogP contribution is 2.29. The van der Waals surface area contributed by atoms with Gasteiger partial charge in [-0.2, -0.15) is 0 Å². The summed E-state index contributed by atoms with van der Waals surface area (Å²) in [6.45, 7) is 1.65. The van der Waals surface area contributed by atoms with Gasteiger partial charge in [0.25, 0.3) is 0 Å². The largest absolute Gasteiger partial charge is 0.381 e. The van der Waals surface area contributed by atoms with Gasteiger partial charge >= 0.3 is 0 Å². The number of nitrogens with one attached hydrogen (secondary N) is 1. The molecular weight excluding hydrogens is 278 g/mol. The van der Waals surface area contributed by atoms with E-state index < -0.39 is 17.0 Å². The average Bonchev–Trinajstić information content (AvgIpc) is 2.47. The van der Waals surface area contributed by atoms with Gasteiger partial charge in [0.1, 0.15) is 11.6 Å². The van der Waals surface area contributed by atoms with Gasteiger partial charge in [-0.3, -0.25) is 4.79 Å². The van der Waals surface area contributed by atoms with Crippen LogP contribution in [0.5, 0.6) is 0 Å². The molecule has 0 radical (unpaired) electrons. The van der Waals surface area contributed by atoms with Crippen LogP contribution in [-0.4, -0.2) is 32.2 Å². The first-order valence-corrected chi connectivity index (χ1v) is 7.07. The molecule has 0 saturated carbocycles. The molecule has 3 N–H and O–H groups in total. The summed E-state index contributed by atoms with van der Waals surface area (Å²) in [5, 5.41) is 2.81. The van der Waals surface area contributed by atoms with E-state index >= 15 is 0 Å². The normalized spacial score (nSPS) is 17.5. The number of carbonyl (C=O) groups excluding carboxylic acids is 1. The number of hydrogen-bond donors (Lipinski definition) is 2. The first kappa shape index (κ1) is 15.9. The minimum absolute atomic E-state index is 0.106. The van der Waals surface area contributed by atoms with Gasteiger partial charge in [0.05, 0.1) is 5.41 Å². The lowest BCUT2D eigenvalue weighted by Gasteiger charge is -2.34. The molecule has 0 bridgehead atoms. The predicted octanol–water partition coefficient (Wildman–Crippen LogP) is 1.38. The van der Waals surface area contributed by atoms with Crippen molar-refractivity contribution in [2.75, 3.05) is 26.3 Å². The van der Waals surface area contributed by atoms with E-state index in [9.17, 15) is 13.6 Å². The van der Waals surface area contributed by atoms with Crippen LogP contribution in [0, 0.1) is 17.0 Å². The summed E-state index contributed by atoms with van der Waals surface area (Å²) in [7, 11) is 0. The Morgan fingerprint density at radius 2 is 1.86 bits per heavy atom. The Kier molecular flexibility index (Phi) is 5.25. The molecule has 1 aliphatic heterocycles. The lowest BCUT2D eigenvalue weighted by molar-refractivity contribution is -0.135. The highest BCUT2D eigenvalue weighted by molar-refractivity contribution is 5.83. The molecule has 0 aromatic heterocycles. The lowest BCUT2D eigenvalue weighted by atomic mass is 9.79. The van der Waals surface area contributed by atoms with Crippen molar-refractivity contribution in [3.63, 3.8) is 0 Å². The maximum Gasteiger partial charge on any atom is 0.227 e. The number of benzene rings is 1. The fourth-order valence-corrected chi connectivity index (χ4v) is 2.55. The van der Waals surface area contributed by atoms with Gasteiger partial charge in [0.2, 0.25) is 5.91 Å². The van der Waals surface area contributed by atoms with Gasteiger partial charge in [0, 0.05) is 32.4 Å². The molecule has 0 atom stereocenters. The molecule has 0 aliphatic carbocycles. The van der Waals surface area contributed by atoms with Crippen molar-refractivity contribution in [1.82, 2.24) is 5.32 Å². The third kappa shape index (κ3) is 3.98. The van der Waals surface area contributed by atoms with E-state index in [0.717, 1.165) is 6.07 Å². The fraction of sp³-hybridized carbons (Fsp3) is 0.533. The van der Waals surface area contributed by atoms with Gasteiger partial charge in [-0.1, -0.05) is 0 Å². The number of nitrogens with two attached hydrogens (primary N) is 1. The molecule has 1 saturated heterocycles. The van der Waals surface area contributed by atoms with Crippen LogP contribution < -0.4 is 11.1 Å². The van der Waals surface area contributed by atoms with Crippen LogP contribution in [0.25, 0.3) is 0 Å². The third-order valence-corrected chi connectivity index (χ3v) is 3.94. The van der Waals surface area contributed by atoms with Crippen molar-refractivity contribution in [3.05, 3.63) is 35.4 Å². The van der Waals surface area contributed by atoms with Crippen LogP contribution in [-0.2, 0) is 16.0 Å². The van der Waals surface area contributed by atoms with Crippen LogP contribution in [0.3, 0.4) is 0 Å². The van der Waals surface area contributed by atoms with E-state index in [-0.39, 0.29) is 12.5 Å². The van der Waals surface area contributed by atoms with Crippen molar-refractivity contribution in [2.45, 2.75) is 19.3 Å². The molecule has 1 amide bonds. The van der Waals surface area contributed by atoms with E-state index in [1.807, 2.05) is 0 Å². The minimum Gasteiger partial charge on any atom is -0.381 e. The Hall–Kier alpha value is -1.53. The minimum atomic E-state index is -0.612. The molecule has 1 aromatic rings. The van der Waals surface area contributed by atoms with Gasteiger partial charge in [-0.25, -0.2) is 8.78 Å². The van der Waals surface area contributed by atoms with Crippen LogP contribution in [0.4, 0.5) is 8.78 Å². The highest BCUT2D eigenvalue weighted by Gasteiger charge is 2.38. The second-order valence-corrected chi connectivity index (χ2v) is 5.38. The molecule has 21 heavy (non-hydrogen) atoms. The zero-order valence-corrected chi connectivity index (χ0v) is 11.8. The molecule has 0 spiro atoms. The Morgan fingerprint density at radius 3 is 2.43 bits per heavy atom. The summed E-state index contributed by atoms with van der Waals surface area (Å²) in [5.74, 6) is -1.33. The van der Waals surface area contributed by atoms with E-state index in [4.69, 9.17) is 10.5 Å². The third-order valence-electron chi connectivity index (χ3n) is 3.94. The van der Waals surface area contributed by atoms with Crippen LogP contribution in [0.15, 0.2) is 18.2 Å². The molecule has 1 fully saturated rings. The predicted molar refractivity (Wildman–Crippen MR) is 74.6 cm³/mol. The van der Waals surface area contributed by atoms with Crippen LogP contribution in [0.2, 0.25) is 0 Å². The Bertz CT molecular complexity index is 482. The van der Waals surface area contributed by atoms with E-state index in [0.29, 0.717) is 44.6 Å². The Balaban J connectivity index is 1.88. The Morgan fingerprint density at radius 1 is 1.24 bits per heavy atom. The van der Waals surface area contributed by atoms with Gasteiger partial charge in [-0.15, -0.1) is 0 Å². The average molecular weight is 298 g/mol. The maximum atomic E-state index is 13.1. The van der Waals surface area contributed by atoms with E-state index in [1.165, 1.54) is 12.1 Å². The summed E-state index contributed by atoms with van der Waals surface area (Å²) < 4.78 is 31.4. The SMILES string of the molecule is NCC1(C(=O)NCCc2cc(F)cc(F)c2)CCOCC1. The second-order valence-electron chi connectivity index (χ2n) is 5.38. The topological polar surface area (TPSA) is 64.4 Å². The lowest BCUT2D eigenvalue weighted by Crippen LogP contribution is -2.49. The van der Waals surface area contributed by atoms with Crippen molar-refractivity contribution < 1.29 is 18.3 Å². The molecule has 1 heterocycles. The standard InChI is InChI=1S/C15H20F2N2O2/c16-12-7-11(8-13(17)9-12)1-4-19-14(20)15(10-18)2-5-21-6-3-15/h7-9H,1-6,10,18H2,(H,19,20). The quantitative estimate of drug-likeness (QED) is 0.863.